The second-order valence-electron chi connectivity index (χ2n) is 4.66. The zero-order valence-corrected chi connectivity index (χ0v) is 13.7. The number of hydrogen-bond acceptors (Lipinski definition) is 2. The standard InChI is InChI=1S/C15H13B2BrFNO2/c1-2-22-15(21)12-11(7-16)20(14(18)13(12)17)8-9-3-5-10(19)6-4-9/h3-6H,2,7-8H2,1H3. The molecule has 110 valence electrons. The molecule has 3 nitrogen and oxygen atoms in total. The van der Waals surface area contributed by atoms with Gasteiger partial charge in [-0.25, -0.2) is 9.18 Å². The summed E-state index contributed by atoms with van der Waals surface area (Å²) in [7, 11) is 11.8. The van der Waals surface area contributed by atoms with Crippen molar-refractivity contribution < 1.29 is 13.9 Å². The van der Waals surface area contributed by atoms with Gasteiger partial charge < -0.3 is 9.30 Å². The summed E-state index contributed by atoms with van der Waals surface area (Å²) in [4.78, 5) is 12.1. The van der Waals surface area contributed by atoms with E-state index < -0.39 is 5.97 Å². The fourth-order valence-corrected chi connectivity index (χ4v) is 2.78. The van der Waals surface area contributed by atoms with E-state index in [4.69, 9.17) is 20.4 Å². The molecule has 4 radical (unpaired) electrons. The quantitative estimate of drug-likeness (QED) is 0.604. The maximum Gasteiger partial charge on any atom is 0.339 e. The monoisotopic (exact) mass is 359 g/mol. The minimum absolute atomic E-state index is 0.130. The lowest BCUT2D eigenvalue weighted by Crippen LogP contribution is -2.17. The summed E-state index contributed by atoms with van der Waals surface area (Å²) in [5.41, 5.74) is 2.01. The Bertz CT molecular complexity index is 686. The first kappa shape index (κ1) is 16.9. The van der Waals surface area contributed by atoms with Gasteiger partial charge in [-0.15, -0.1) is 0 Å². The lowest BCUT2D eigenvalue weighted by atomic mass is 9.90. The van der Waals surface area contributed by atoms with Gasteiger partial charge >= 0.3 is 5.97 Å². The average molecular weight is 360 g/mol. The van der Waals surface area contributed by atoms with Gasteiger partial charge in [0.1, 0.15) is 13.7 Å². The minimum Gasteiger partial charge on any atom is -0.462 e. The largest absolute Gasteiger partial charge is 0.462 e. The van der Waals surface area contributed by atoms with E-state index in [2.05, 4.69) is 15.9 Å². The molecule has 0 saturated carbocycles. The smallest absolute Gasteiger partial charge is 0.339 e. The zero-order valence-electron chi connectivity index (χ0n) is 12.1. The Morgan fingerprint density at radius 1 is 1.36 bits per heavy atom. The van der Waals surface area contributed by atoms with E-state index in [1.165, 1.54) is 12.1 Å². The average Bonchev–Trinajstić information content (AvgIpc) is 2.74. The van der Waals surface area contributed by atoms with Crippen molar-refractivity contribution in [3.8, 4) is 0 Å². The van der Waals surface area contributed by atoms with Crippen LogP contribution in [-0.4, -0.2) is 32.8 Å². The molecular weight excluding hydrogens is 347 g/mol. The Morgan fingerprint density at radius 2 is 2.00 bits per heavy atom. The molecule has 0 atom stereocenters. The van der Waals surface area contributed by atoms with E-state index in [1.807, 2.05) is 0 Å². The lowest BCUT2D eigenvalue weighted by Gasteiger charge is -2.11. The van der Waals surface area contributed by atoms with Gasteiger partial charge in [-0.2, -0.15) is 0 Å². The number of esters is 1. The van der Waals surface area contributed by atoms with Crippen LogP contribution in [0.1, 0.15) is 28.5 Å². The molecule has 1 heterocycles. The minimum atomic E-state index is -0.501. The van der Waals surface area contributed by atoms with Crippen LogP contribution in [0.15, 0.2) is 28.9 Å². The van der Waals surface area contributed by atoms with Crippen molar-refractivity contribution >= 4 is 43.1 Å². The number of halogens is 2. The van der Waals surface area contributed by atoms with Crippen LogP contribution >= 0.6 is 15.9 Å². The third-order valence-electron chi connectivity index (χ3n) is 3.27. The van der Waals surface area contributed by atoms with Crippen LogP contribution in [0.5, 0.6) is 0 Å². The highest BCUT2D eigenvalue weighted by atomic mass is 79.9. The number of nitrogens with zero attached hydrogens (tertiary/aromatic N) is 1. The van der Waals surface area contributed by atoms with Crippen molar-refractivity contribution in [3.05, 3.63) is 51.5 Å². The van der Waals surface area contributed by atoms with Crippen LogP contribution in [0.2, 0.25) is 0 Å². The Kier molecular flexibility index (Phi) is 5.51. The molecule has 0 spiro atoms. The number of aromatic nitrogens is 1. The predicted octanol–water partition coefficient (Wildman–Crippen LogP) is 2.08. The van der Waals surface area contributed by atoms with Crippen molar-refractivity contribution in [2.75, 3.05) is 6.61 Å². The third kappa shape index (κ3) is 3.29. The molecule has 0 unspecified atom stereocenters. The number of benzene rings is 1. The summed E-state index contributed by atoms with van der Waals surface area (Å²) in [6, 6.07) is 6.10. The number of hydrogen-bond donors (Lipinski definition) is 0. The summed E-state index contributed by atoms with van der Waals surface area (Å²) in [6.45, 7) is 2.39. The number of ether oxygens (including phenoxy) is 1. The molecule has 0 aliphatic rings. The Hall–Kier alpha value is -1.49. The summed E-state index contributed by atoms with van der Waals surface area (Å²) < 4.78 is 20.4. The molecule has 1 aromatic carbocycles. The highest BCUT2D eigenvalue weighted by Gasteiger charge is 2.23. The fraction of sp³-hybridized carbons (Fsp3) is 0.267. The van der Waals surface area contributed by atoms with Gasteiger partial charge in [-0.1, -0.05) is 17.6 Å². The van der Waals surface area contributed by atoms with Gasteiger partial charge in [0.05, 0.1) is 24.6 Å². The van der Waals surface area contributed by atoms with Crippen molar-refractivity contribution in [3.63, 3.8) is 0 Å². The van der Waals surface area contributed by atoms with Crippen molar-refractivity contribution in [1.29, 1.82) is 0 Å². The third-order valence-corrected chi connectivity index (χ3v) is 4.13. The van der Waals surface area contributed by atoms with Crippen molar-refractivity contribution in [2.24, 2.45) is 0 Å². The van der Waals surface area contributed by atoms with Crippen LogP contribution in [-0.2, 0) is 17.6 Å². The molecule has 1 aromatic heterocycles. The molecule has 2 aromatic rings. The Balaban J connectivity index is 2.45. The van der Waals surface area contributed by atoms with Crippen molar-refractivity contribution in [2.45, 2.75) is 19.8 Å². The molecule has 0 saturated heterocycles. The van der Waals surface area contributed by atoms with Gasteiger partial charge in [0.25, 0.3) is 0 Å². The first-order valence-electron chi connectivity index (χ1n) is 6.77. The molecule has 0 amide bonds. The topological polar surface area (TPSA) is 31.2 Å². The van der Waals surface area contributed by atoms with Crippen LogP contribution in [0.25, 0.3) is 0 Å². The highest BCUT2D eigenvalue weighted by molar-refractivity contribution is 9.10. The molecule has 0 aliphatic heterocycles. The highest BCUT2D eigenvalue weighted by Crippen LogP contribution is 2.21. The second-order valence-corrected chi connectivity index (χ2v) is 5.41. The van der Waals surface area contributed by atoms with E-state index in [0.717, 1.165) is 5.56 Å². The van der Waals surface area contributed by atoms with Crippen molar-refractivity contribution in [1.82, 2.24) is 4.57 Å². The number of carbonyl (C=O) groups excluding carboxylic acids is 1. The summed E-state index contributed by atoms with van der Waals surface area (Å²) in [6.07, 6.45) is 0.130. The number of carbonyl (C=O) groups is 1. The van der Waals surface area contributed by atoms with Crippen LogP contribution in [0.3, 0.4) is 0 Å². The normalized spacial score (nSPS) is 10.7. The molecular formula is C15H13B2BrFNO2. The maximum atomic E-state index is 13.0. The molecule has 22 heavy (non-hydrogen) atoms. The zero-order chi connectivity index (χ0) is 16.3. The van der Waals surface area contributed by atoms with Crippen LogP contribution in [0, 0.1) is 5.82 Å². The molecule has 7 heteroatoms. The van der Waals surface area contributed by atoms with E-state index >= 15 is 0 Å². The maximum absolute atomic E-state index is 13.0. The molecule has 0 N–H and O–H groups in total. The van der Waals surface area contributed by atoms with Gasteiger partial charge in [-0.3, -0.25) is 0 Å². The van der Waals surface area contributed by atoms with Crippen LogP contribution < -0.4 is 5.46 Å². The first-order valence-corrected chi connectivity index (χ1v) is 7.56. The Labute approximate surface area is 139 Å². The lowest BCUT2D eigenvalue weighted by molar-refractivity contribution is 0.0527. The fourth-order valence-electron chi connectivity index (χ4n) is 2.24. The molecule has 0 bridgehead atoms. The summed E-state index contributed by atoms with van der Waals surface area (Å²) >= 11 is 3.38. The molecule has 2 rings (SSSR count). The number of rotatable bonds is 5. The van der Waals surface area contributed by atoms with Gasteiger partial charge in [0.15, 0.2) is 0 Å². The summed E-state index contributed by atoms with van der Waals surface area (Å²) in [5, 5.41) is 0. The molecule has 0 aliphatic carbocycles. The van der Waals surface area contributed by atoms with Crippen LogP contribution in [0.4, 0.5) is 4.39 Å². The second kappa shape index (κ2) is 7.18. The van der Waals surface area contributed by atoms with E-state index in [-0.39, 0.29) is 24.3 Å². The van der Waals surface area contributed by atoms with Gasteiger partial charge in [0.2, 0.25) is 0 Å². The Morgan fingerprint density at radius 3 is 2.55 bits per heavy atom. The first-order chi connectivity index (χ1) is 10.5. The summed E-state index contributed by atoms with van der Waals surface area (Å²) in [5.74, 6) is -0.805. The predicted molar refractivity (Wildman–Crippen MR) is 88.4 cm³/mol. The molecule has 0 fully saturated rings. The SMILES string of the molecule is [B]Cc1c(C(=O)OCC)c([B])c(Br)n1Cc1ccc(F)cc1. The van der Waals surface area contributed by atoms with Gasteiger partial charge in [0, 0.05) is 12.2 Å². The van der Waals surface area contributed by atoms with E-state index in [9.17, 15) is 9.18 Å². The van der Waals surface area contributed by atoms with E-state index in [1.54, 1.807) is 23.6 Å². The van der Waals surface area contributed by atoms with Gasteiger partial charge in [-0.05, 0) is 46.9 Å². The van der Waals surface area contributed by atoms with E-state index in [0.29, 0.717) is 22.3 Å².